The first kappa shape index (κ1) is 32.9. The van der Waals surface area contributed by atoms with Crippen LogP contribution in [0.2, 0.25) is 0 Å². The summed E-state index contributed by atoms with van der Waals surface area (Å²) in [4.78, 5) is 35.9. The number of hydrogen-bond acceptors (Lipinski definition) is 11. The topological polar surface area (TPSA) is 166 Å². The van der Waals surface area contributed by atoms with Crippen molar-refractivity contribution >= 4 is 62.7 Å². The van der Waals surface area contributed by atoms with E-state index < -0.39 is 30.2 Å². The molecule has 2 atom stereocenters. The Bertz CT molecular complexity index is 1360. The van der Waals surface area contributed by atoms with E-state index >= 15 is 0 Å². The van der Waals surface area contributed by atoms with Crippen molar-refractivity contribution in [2.75, 3.05) is 34.0 Å². The van der Waals surface area contributed by atoms with Gasteiger partial charge in [-0.15, -0.1) is 0 Å². The lowest BCUT2D eigenvalue weighted by Crippen LogP contribution is -2.45. The van der Waals surface area contributed by atoms with Gasteiger partial charge in [0, 0.05) is 5.70 Å². The fraction of sp³-hybridized carbons (Fsp3) is 0.333. The highest BCUT2D eigenvalue weighted by molar-refractivity contribution is 14.1. The third-order valence-corrected chi connectivity index (χ3v) is 7.08. The van der Waals surface area contributed by atoms with Gasteiger partial charge >= 0.3 is 18.0 Å². The number of carbonyl (C=O) groups excluding carboxylic acids is 3. The first-order valence-corrected chi connectivity index (χ1v) is 14.4. The molecule has 0 saturated heterocycles. The van der Waals surface area contributed by atoms with Gasteiger partial charge in [-0.25, -0.2) is 14.4 Å². The number of ether oxygens (including phenoxy) is 5. The van der Waals surface area contributed by atoms with Crippen molar-refractivity contribution in [1.82, 2.24) is 16.1 Å². The van der Waals surface area contributed by atoms with Crippen LogP contribution in [0.15, 0.2) is 51.2 Å². The monoisotopic (exact) mass is 760 g/mol. The minimum absolute atomic E-state index is 0.172. The number of hydrogen-bond donors (Lipinski definition) is 4. The molecule has 15 heteroatoms. The van der Waals surface area contributed by atoms with Crippen molar-refractivity contribution in [2.45, 2.75) is 26.1 Å². The maximum Gasteiger partial charge on any atom is 0.343 e. The lowest BCUT2D eigenvalue weighted by atomic mass is 9.95. The number of aliphatic hydroxyl groups excluding tert-OH is 1. The van der Waals surface area contributed by atoms with Gasteiger partial charge in [0.1, 0.15) is 12.4 Å². The molecule has 0 radical (unpaired) electrons. The van der Waals surface area contributed by atoms with Crippen LogP contribution in [0, 0.1) is 3.57 Å². The van der Waals surface area contributed by atoms with Gasteiger partial charge in [-0.1, -0.05) is 6.07 Å². The number of halogens is 2. The van der Waals surface area contributed by atoms with E-state index in [1.807, 2.05) is 0 Å². The molecule has 2 amide bonds. The third kappa shape index (κ3) is 8.72. The number of aliphatic hydroxyl groups is 1. The largest absolute Gasteiger partial charge is 0.490 e. The predicted molar refractivity (Wildman–Crippen MR) is 163 cm³/mol. The quantitative estimate of drug-likeness (QED) is 0.0784. The van der Waals surface area contributed by atoms with E-state index in [2.05, 4.69) is 64.4 Å². The average molecular weight is 761 g/mol. The molecule has 2 aromatic carbocycles. The van der Waals surface area contributed by atoms with Crippen LogP contribution >= 0.6 is 38.5 Å². The maximum atomic E-state index is 12.4. The lowest BCUT2D eigenvalue weighted by Gasteiger charge is -2.28. The number of urea groups is 1. The zero-order valence-corrected chi connectivity index (χ0v) is 26.9. The molecule has 0 aromatic heterocycles. The van der Waals surface area contributed by atoms with Crippen LogP contribution < -0.4 is 30.3 Å². The number of rotatable bonds is 13. The number of benzene rings is 2. The van der Waals surface area contributed by atoms with Gasteiger partial charge in [0.15, 0.2) is 24.3 Å². The summed E-state index contributed by atoms with van der Waals surface area (Å²) in [5, 5.41) is 19.7. The highest BCUT2D eigenvalue weighted by Crippen LogP contribution is 2.35. The van der Waals surface area contributed by atoms with E-state index in [0.29, 0.717) is 45.2 Å². The standard InChI is InChI=1S/C27H30BrIN4O9/c1-5-40-20-10-16(24-23(26(36)39-4)14(2)31-27(37)32-24)6-7-19(20)41-12-21(34)33-30-11-15-8-17(28)25(18(29)9-15)42-13-22(35)38-3/h6-11,21,24,33-34H,5,12-13H2,1-4H3,(H2,31,32,37)/b30-11-/t21-,24-/m1/s1. The Labute approximate surface area is 264 Å². The van der Waals surface area contributed by atoms with Crippen LogP contribution in [0.25, 0.3) is 0 Å². The van der Waals surface area contributed by atoms with Crippen LogP contribution in [0.1, 0.15) is 31.0 Å². The van der Waals surface area contributed by atoms with Gasteiger partial charge in [-0.2, -0.15) is 5.10 Å². The number of esters is 2. The Morgan fingerprint density at radius 2 is 1.93 bits per heavy atom. The minimum atomic E-state index is -1.17. The van der Waals surface area contributed by atoms with Crippen molar-refractivity contribution in [3.63, 3.8) is 0 Å². The maximum absolute atomic E-state index is 12.4. The number of amides is 2. The van der Waals surface area contributed by atoms with Crippen LogP contribution in [-0.2, 0) is 19.1 Å². The second-order valence-electron chi connectivity index (χ2n) is 8.59. The second kappa shape index (κ2) is 15.6. The number of methoxy groups -OCH3 is 2. The van der Waals surface area contributed by atoms with Gasteiger partial charge in [0.25, 0.3) is 0 Å². The van der Waals surface area contributed by atoms with Crippen LogP contribution in [-0.4, -0.2) is 69.6 Å². The Hall–Kier alpha value is -3.57. The third-order valence-electron chi connectivity index (χ3n) is 5.69. The second-order valence-corrected chi connectivity index (χ2v) is 10.6. The smallest absolute Gasteiger partial charge is 0.343 e. The van der Waals surface area contributed by atoms with Crippen LogP contribution in [0.5, 0.6) is 17.2 Å². The molecule has 1 aliphatic heterocycles. The van der Waals surface area contributed by atoms with Crippen molar-refractivity contribution in [3.8, 4) is 17.2 Å². The van der Waals surface area contributed by atoms with E-state index in [-0.39, 0.29) is 18.8 Å². The van der Waals surface area contributed by atoms with Crippen LogP contribution in [0.3, 0.4) is 0 Å². The molecular weight excluding hydrogens is 731 g/mol. The Kier molecular flexibility index (Phi) is 12.2. The van der Waals surface area contributed by atoms with Gasteiger partial charge in [-0.05, 0) is 87.8 Å². The molecule has 1 heterocycles. The van der Waals surface area contributed by atoms with E-state index in [4.69, 9.17) is 18.9 Å². The zero-order chi connectivity index (χ0) is 30.8. The van der Waals surface area contributed by atoms with Gasteiger partial charge in [0.2, 0.25) is 0 Å². The molecule has 0 fully saturated rings. The molecule has 3 rings (SSSR count). The molecule has 4 N–H and O–H groups in total. The van der Waals surface area contributed by atoms with E-state index in [1.165, 1.54) is 20.4 Å². The fourth-order valence-electron chi connectivity index (χ4n) is 3.80. The number of nitrogens with zero attached hydrogens (tertiary/aromatic N) is 1. The number of carbonyl (C=O) groups is 3. The molecule has 2 aromatic rings. The minimum Gasteiger partial charge on any atom is -0.490 e. The first-order valence-electron chi connectivity index (χ1n) is 12.5. The predicted octanol–water partition coefficient (Wildman–Crippen LogP) is 3.13. The summed E-state index contributed by atoms with van der Waals surface area (Å²) in [6.45, 7) is 3.35. The summed E-state index contributed by atoms with van der Waals surface area (Å²) in [5.41, 5.74) is 4.51. The van der Waals surface area contributed by atoms with E-state index in [9.17, 15) is 19.5 Å². The SMILES string of the molecule is CCOc1cc([C@H]2NC(=O)NC(C)=C2C(=O)OC)ccc1OC[C@@H](O)N/N=C\c1cc(Br)c(OCC(=O)OC)c(I)c1. The number of allylic oxidation sites excluding steroid dienone is 1. The highest BCUT2D eigenvalue weighted by atomic mass is 127. The van der Waals surface area contributed by atoms with E-state index in [0.717, 1.165) is 3.57 Å². The molecule has 0 unspecified atom stereocenters. The highest BCUT2D eigenvalue weighted by Gasteiger charge is 2.32. The van der Waals surface area contributed by atoms with Crippen molar-refractivity contribution in [3.05, 3.63) is 60.8 Å². The Morgan fingerprint density at radius 1 is 1.17 bits per heavy atom. The normalized spacial score (nSPS) is 15.4. The lowest BCUT2D eigenvalue weighted by molar-refractivity contribution is -0.143. The summed E-state index contributed by atoms with van der Waals surface area (Å²) >= 11 is 5.49. The molecule has 0 bridgehead atoms. The van der Waals surface area contributed by atoms with E-state index in [1.54, 1.807) is 44.2 Å². The molecule has 1 aliphatic rings. The average Bonchev–Trinajstić information content (AvgIpc) is 2.95. The van der Waals surface area contributed by atoms with Crippen molar-refractivity contribution < 1.29 is 43.2 Å². The van der Waals surface area contributed by atoms with Gasteiger partial charge in [0.05, 0.1) is 46.7 Å². The Balaban J connectivity index is 1.65. The van der Waals surface area contributed by atoms with Crippen molar-refractivity contribution in [2.24, 2.45) is 5.10 Å². The Morgan fingerprint density at radius 3 is 2.60 bits per heavy atom. The van der Waals surface area contributed by atoms with Crippen LogP contribution in [0.4, 0.5) is 4.79 Å². The summed E-state index contributed by atoms with van der Waals surface area (Å²) in [6.07, 6.45) is 0.336. The van der Waals surface area contributed by atoms with Gasteiger partial charge in [-0.3, -0.25) is 5.43 Å². The zero-order valence-electron chi connectivity index (χ0n) is 23.2. The molecular formula is C27H30BrIN4O9. The number of hydrazone groups is 1. The molecule has 0 saturated carbocycles. The molecule has 13 nitrogen and oxygen atoms in total. The van der Waals surface area contributed by atoms with Gasteiger partial charge < -0.3 is 39.4 Å². The molecule has 42 heavy (non-hydrogen) atoms. The first-order chi connectivity index (χ1) is 20.1. The molecule has 226 valence electrons. The summed E-state index contributed by atoms with van der Waals surface area (Å²) in [5.74, 6) is 0.110. The summed E-state index contributed by atoms with van der Waals surface area (Å²) in [6, 6.07) is 7.27. The fourth-order valence-corrected chi connectivity index (χ4v) is 5.57. The molecule has 0 spiro atoms. The number of nitrogens with one attached hydrogen (secondary N) is 3. The molecule has 0 aliphatic carbocycles. The summed E-state index contributed by atoms with van der Waals surface area (Å²) < 4.78 is 27.8. The van der Waals surface area contributed by atoms with Crippen molar-refractivity contribution in [1.29, 1.82) is 0 Å². The summed E-state index contributed by atoms with van der Waals surface area (Å²) in [7, 11) is 2.55.